The molecule has 2 rings (SSSR count). The fourth-order valence-corrected chi connectivity index (χ4v) is 3.64. The van der Waals surface area contributed by atoms with Gasteiger partial charge in [0.25, 0.3) is 0 Å². The van der Waals surface area contributed by atoms with E-state index in [9.17, 15) is 4.21 Å². The van der Waals surface area contributed by atoms with Gasteiger partial charge in [-0.1, -0.05) is 32.9 Å². The number of hydrogen-bond donors (Lipinski definition) is 1. The van der Waals surface area contributed by atoms with E-state index in [1.807, 2.05) is 12.1 Å². The minimum atomic E-state index is -1.08. The minimum Gasteiger partial charge on any atom is -0.380 e. The van der Waals surface area contributed by atoms with Gasteiger partial charge >= 0.3 is 0 Å². The molecule has 3 atom stereocenters. The molecule has 3 nitrogen and oxygen atoms in total. The summed E-state index contributed by atoms with van der Waals surface area (Å²) < 4.78 is 17.9. The quantitative estimate of drug-likeness (QED) is 0.904. The van der Waals surface area contributed by atoms with Crippen molar-refractivity contribution in [3.8, 4) is 0 Å². The van der Waals surface area contributed by atoms with Gasteiger partial charge in [-0.05, 0) is 29.5 Å². The molecule has 0 saturated carbocycles. The summed E-state index contributed by atoms with van der Waals surface area (Å²) in [4.78, 5) is 0.846. The molecule has 19 heavy (non-hydrogen) atoms. The van der Waals surface area contributed by atoms with Gasteiger partial charge < -0.3 is 10.5 Å². The fraction of sp³-hybridized carbons (Fsp3) is 0.600. The van der Waals surface area contributed by atoms with E-state index in [1.165, 1.54) is 5.56 Å². The molecule has 0 radical (unpaired) electrons. The van der Waals surface area contributed by atoms with Crippen LogP contribution in [-0.2, 0) is 21.0 Å². The van der Waals surface area contributed by atoms with Crippen molar-refractivity contribution >= 4 is 10.8 Å². The first kappa shape index (κ1) is 14.7. The third-order valence-electron chi connectivity index (χ3n) is 3.58. The summed E-state index contributed by atoms with van der Waals surface area (Å²) in [6, 6.07) is 8.00. The van der Waals surface area contributed by atoms with Gasteiger partial charge in [0.1, 0.15) is 0 Å². The highest BCUT2D eigenvalue weighted by atomic mass is 32.2. The Morgan fingerprint density at radius 3 is 2.42 bits per heavy atom. The molecular formula is C15H23NO2S. The van der Waals surface area contributed by atoms with Crippen molar-refractivity contribution in [2.24, 2.45) is 5.73 Å². The van der Waals surface area contributed by atoms with Crippen LogP contribution in [0, 0.1) is 0 Å². The molecule has 1 aromatic carbocycles. The van der Waals surface area contributed by atoms with Crippen molar-refractivity contribution in [1.29, 1.82) is 0 Å². The van der Waals surface area contributed by atoms with Crippen molar-refractivity contribution in [3.63, 3.8) is 0 Å². The molecule has 0 spiro atoms. The van der Waals surface area contributed by atoms with E-state index in [2.05, 4.69) is 32.9 Å². The molecule has 1 aliphatic heterocycles. The Kier molecular flexibility index (Phi) is 4.43. The maximum absolute atomic E-state index is 12.5. The average molecular weight is 281 g/mol. The van der Waals surface area contributed by atoms with Crippen molar-refractivity contribution in [2.75, 3.05) is 13.2 Å². The van der Waals surface area contributed by atoms with Gasteiger partial charge in [0.05, 0.1) is 22.7 Å². The van der Waals surface area contributed by atoms with Crippen LogP contribution in [0.2, 0.25) is 0 Å². The molecule has 0 aromatic heterocycles. The van der Waals surface area contributed by atoms with E-state index in [0.717, 1.165) is 11.3 Å². The third kappa shape index (κ3) is 3.44. The SMILES string of the molecule is CC(C)(C)c1ccc(S(=O)C2COCCC2N)cc1. The molecule has 1 saturated heterocycles. The van der Waals surface area contributed by atoms with Crippen LogP contribution in [0.25, 0.3) is 0 Å². The van der Waals surface area contributed by atoms with Crippen molar-refractivity contribution < 1.29 is 8.95 Å². The predicted octanol–water partition coefficient (Wildman–Crippen LogP) is 2.21. The van der Waals surface area contributed by atoms with Gasteiger partial charge in [-0.25, -0.2) is 0 Å². The van der Waals surface area contributed by atoms with Crippen LogP contribution < -0.4 is 5.73 Å². The summed E-state index contributed by atoms with van der Waals surface area (Å²) in [5.74, 6) is 0. The summed E-state index contributed by atoms with van der Waals surface area (Å²) in [6.45, 7) is 7.68. The summed E-state index contributed by atoms with van der Waals surface area (Å²) in [5.41, 5.74) is 7.41. The molecule has 1 aliphatic rings. The van der Waals surface area contributed by atoms with Crippen LogP contribution in [-0.4, -0.2) is 28.7 Å². The van der Waals surface area contributed by atoms with Crippen LogP contribution in [0.15, 0.2) is 29.2 Å². The lowest BCUT2D eigenvalue weighted by molar-refractivity contribution is 0.0904. The molecule has 2 N–H and O–H groups in total. The smallest absolute Gasteiger partial charge is 0.0779 e. The highest BCUT2D eigenvalue weighted by Crippen LogP contribution is 2.24. The highest BCUT2D eigenvalue weighted by molar-refractivity contribution is 7.85. The fourth-order valence-electron chi connectivity index (χ4n) is 2.21. The van der Waals surface area contributed by atoms with Crippen LogP contribution in [0.4, 0.5) is 0 Å². The van der Waals surface area contributed by atoms with E-state index in [4.69, 9.17) is 10.5 Å². The summed E-state index contributed by atoms with van der Waals surface area (Å²) >= 11 is 0. The molecule has 106 valence electrons. The van der Waals surface area contributed by atoms with E-state index < -0.39 is 10.8 Å². The average Bonchev–Trinajstić information content (AvgIpc) is 2.38. The molecule has 4 heteroatoms. The van der Waals surface area contributed by atoms with Gasteiger partial charge in [0.15, 0.2) is 0 Å². The van der Waals surface area contributed by atoms with Crippen LogP contribution in [0.3, 0.4) is 0 Å². The Hall–Kier alpha value is -0.710. The van der Waals surface area contributed by atoms with Crippen LogP contribution in [0.5, 0.6) is 0 Å². The van der Waals surface area contributed by atoms with Gasteiger partial charge in [-0.3, -0.25) is 4.21 Å². The van der Waals surface area contributed by atoms with Gasteiger partial charge in [0.2, 0.25) is 0 Å². The van der Waals surface area contributed by atoms with Crippen molar-refractivity contribution in [3.05, 3.63) is 29.8 Å². The maximum Gasteiger partial charge on any atom is 0.0779 e. The minimum absolute atomic E-state index is 0.0307. The molecule has 1 heterocycles. The molecular weight excluding hydrogens is 258 g/mol. The zero-order chi connectivity index (χ0) is 14.0. The largest absolute Gasteiger partial charge is 0.380 e. The van der Waals surface area contributed by atoms with Gasteiger partial charge in [-0.15, -0.1) is 0 Å². The van der Waals surface area contributed by atoms with E-state index in [0.29, 0.717) is 13.2 Å². The molecule has 0 amide bonds. The van der Waals surface area contributed by atoms with Gasteiger partial charge in [-0.2, -0.15) is 0 Å². The molecule has 1 aromatic rings. The van der Waals surface area contributed by atoms with Crippen molar-refractivity contribution in [2.45, 2.75) is 48.8 Å². The lowest BCUT2D eigenvalue weighted by Gasteiger charge is -2.28. The Morgan fingerprint density at radius 2 is 1.89 bits per heavy atom. The Morgan fingerprint density at radius 1 is 1.26 bits per heavy atom. The number of nitrogens with two attached hydrogens (primary N) is 1. The van der Waals surface area contributed by atoms with Crippen LogP contribution >= 0.6 is 0 Å². The first-order valence-electron chi connectivity index (χ1n) is 6.74. The number of rotatable bonds is 2. The van der Waals surface area contributed by atoms with E-state index in [1.54, 1.807) is 0 Å². The molecule has 1 fully saturated rings. The predicted molar refractivity (Wildman–Crippen MR) is 78.7 cm³/mol. The normalized spacial score (nSPS) is 26.1. The molecule has 0 bridgehead atoms. The lowest BCUT2D eigenvalue weighted by Crippen LogP contribution is -2.45. The maximum atomic E-state index is 12.5. The molecule has 0 aliphatic carbocycles. The van der Waals surface area contributed by atoms with Gasteiger partial charge in [0, 0.05) is 17.5 Å². The van der Waals surface area contributed by atoms with E-state index >= 15 is 0 Å². The van der Waals surface area contributed by atoms with Crippen LogP contribution in [0.1, 0.15) is 32.8 Å². The third-order valence-corrected chi connectivity index (χ3v) is 5.36. The lowest BCUT2D eigenvalue weighted by atomic mass is 9.87. The Bertz CT molecular complexity index is 450. The van der Waals surface area contributed by atoms with E-state index in [-0.39, 0.29) is 16.7 Å². The monoisotopic (exact) mass is 281 g/mol. The standard InChI is InChI=1S/C15H23NO2S/c1-15(2,3)11-4-6-12(7-5-11)19(17)14-10-18-9-8-13(14)16/h4-7,13-14H,8-10,16H2,1-3H3. The summed E-state index contributed by atoms with van der Waals surface area (Å²) in [7, 11) is -1.08. The highest BCUT2D eigenvalue weighted by Gasteiger charge is 2.29. The number of benzene rings is 1. The number of hydrogen-bond acceptors (Lipinski definition) is 3. The topological polar surface area (TPSA) is 52.3 Å². The second-order valence-corrected chi connectivity index (χ2v) is 7.81. The zero-order valence-corrected chi connectivity index (χ0v) is 12.7. The molecule has 3 unspecified atom stereocenters. The summed E-state index contributed by atoms with van der Waals surface area (Å²) in [5, 5.41) is -0.0887. The zero-order valence-electron chi connectivity index (χ0n) is 11.9. The first-order chi connectivity index (χ1) is 8.89. The second-order valence-electron chi connectivity index (χ2n) is 6.14. The Balaban J connectivity index is 2.15. The number of ether oxygens (including phenoxy) is 1. The van der Waals surface area contributed by atoms with Crippen molar-refractivity contribution in [1.82, 2.24) is 0 Å². The summed E-state index contributed by atoms with van der Waals surface area (Å²) in [6.07, 6.45) is 0.788. The second kappa shape index (κ2) is 5.73. The first-order valence-corrected chi connectivity index (χ1v) is 7.95. The Labute approximate surface area is 118 Å².